The largest absolute Gasteiger partial charge is 0.493 e. The standard InChI is InChI=1S/C44H34N12O4/c1-3-27-35(39(45)57)41-47-31-9-5-7-11-33(31)55(41)43(59)37(27)53-49-25-17-13-23(14-18-25)29-21-22-30(52-51-29)24-15-19-26(20-16-24)50-54-38-28(4-2)36(40(46)58)42-48-32-10-6-8-12-34(32)56(42)44(38)60/h5-22,59-60H,3-4H2,1-2H3,(H2,45,57)(H2,46,58). The molecule has 0 saturated carbocycles. The number of aromatic nitrogens is 6. The second-order valence-electron chi connectivity index (χ2n) is 13.8. The summed E-state index contributed by atoms with van der Waals surface area (Å²) in [4.78, 5) is 34.4. The SMILES string of the molecule is CCc1c(N=Nc2ccc(-c3ccc(-c4ccc(N=Nc5c(CC)c(C(N)=O)c6nc7ccccc7n6c5O)cc4)nn3)cc2)c(O)n2c(nc3ccccc32)c1C(N)=O. The Labute approximate surface area is 340 Å². The van der Waals surface area contributed by atoms with Gasteiger partial charge in [-0.05, 0) is 73.5 Å². The first-order valence-electron chi connectivity index (χ1n) is 18.9. The van der Waals surface area contributed by atoms with Crippen molar-refractivity contribution in [2.45, 2.75) is 26.7 Å². The zero-order valence-corrected chi connectivity index (χ0v) is 32.1. The third kappa shape index (κ3) is 6.19. The first kappa shape index (κ1) is 37.2. The molecule has 5 heterocycles. The van der Waals surface area contributed by atoms with Crippen LogP contribution in [0, 0.1) is 0 Å². The normalized spacial score (nSPS) is 11.9. The Morgan fingerprint density at radius 1 is 0.550 bits per heavy atom. The lowest BCUT2D eigenvalue weighted by Gasteiger charge is -2.12. The highest BCUT2D eigenvalue weighted by Gasteiger charge is 2.26. The molecule has 16 heteroatoms. The summed E-state index contributed by atoms with van der Waals surface area (Å²) < 4.78 is 2.94. The van der Waals surface area contributed by atoms with Crippen molar-refractivity contribution in [2.24, 2.45) is 31.9 Å². The number of amides is 2. The number of para-hydroxylation sites is 4. The van der Waals surface area contributed by atoms with E-state index in [0.29, 0.717) is 68.8 Å². The van der Waals surface area contributed by atoms with Crippen molar-refractivity contribution in [1.29, 1.82) is 0 Å². The third-order valence-corrected chi connectivity index (χ3v) is 10.3. The van der Waals surface area contributed by atoms with Gasteiger partial charge in [0.2, 0.25) is 11.8 Å². The lowest BCUT2D eigenvalue weighted by molar-refractivity contribution is 0.0992. The van der Waals surface area contributed by atoms with Crippen molar-refractivity contribution in [3.8, 4) is 34.3 Å². The Morgan fingerprint density at radius 2 is 0.933 bits per heavy atom. The van der Waals surface area contributed by atoms with Gasteiger partial charge in [-0.25, -0.2) is 9.97 Å². The summed E-state index contributed by atoms with van der Waals surface area (Å²) in [6.07, 6.45) is 0.716. The van der Waals surface area contributed by atoms with E-state index >= 15 is 0 Å². The van der Waals surface area contributed by atoms with Gasteiger partial charge in [0.15, 0.2) is 22.7 Å². The second kappa shape index (κ2) is 14.8. The number of hydrogen-bond acceptors (Lipinski definition) is 12. The molecule has 60 heavy (non-hydrogen) atoms. The van der Waals surface area contributed by atoms with Gasteiger partial charge in [-0.2, -0.15) is 10.2 Å². The lowest BCUT2D eigenvalue weighted by atomic mass is 10.0. The number of benzene rings is 4. The Morgan fingerprint density at radius 3 is 1.28 bits per heavy atom. The number of aromatic hydroxyl groups is 2. The van der Waals surface area contributed by atoms with Gasteiger partial charge in [0.05, 0.1) is 56.0 Å². The summed E-state index contributed by atoms with van der Waals surface area (Å²) in [5.74, 6) is -1.75. The second-order valence-corrected chi connectivity index (χ2v) is 13.8. The average molecular weight is 795 g/mol. The van der Waals surface area contributed by atoms with Gasteiger partial charge >= 0.3 is 0 Å². The van der Waals surface area contributed by atoms with Gasteiger partial charge in [0.1, 0.15) is 0 Å². The van der Waals surface area contributed by atoms with Crippen molar-refractivity contribution in [3.05, 3.63) is 131 Å². The number of azo groups is 2. The van der Waals surface area contributed by atoms with Gasteiger partial charge < -0.3 is 21.7 Å². The molecule has 5 aromatic heterocycles. The number of nitrogens with zero attached hydrogens (tertiary/aromatic N) is 10. The van der Waals surface area contributed by atoms with Gasteiger partial charge in [-0.15, -0.1) is 20.4 Å². The van der Waals surface area contributed by atoms with Gasteiger partial charge in [0.25, 0.3) is 11.8 Å². The van der Waals surface area contributed by atoms with E-state index in [0.717, 1.165) is 11.1 Å². The molecule has 6 N–H and O–H groups in total. The molecule has 0 unspecified atom stereocenters. The number of pyridine rings is 2. The number of imidazole rings is 2. The van der Waals surface area contributed by atoms with Crippen molar-refractivity contribution >= 4 is 67.9 Å². The van der Waals surface area contributed by atoms with Crippen LogP contribution < -0.4 is 11.5 Å². The maximum Gasteiger partial charge on any atom is 0.252 e. The molecule has 0 aliphatic heterocycles. The highest BCUT2D eigenvalue weighted by molar-refractivity contribution is 6.05. The fraction of sp³-hybridized carbons (Fsp3) is 0.0909. The highest BCUT2D eigenvalue weighted by atomic mass is 16.3. The van der Waals surface area contributed by atoms with Crippen LogP contribution >= 0.6 is 0 Å². The molecule has 0 spiro atoms. The average Bonchev–Trinajstić information content (AvgIpc) is 3.85. The first-order valence-corrected chi connectivity index (χ1v) is 18.9. The molecule has 0 bridgehead atoms. The Bertz CT molecular complexity index is 3030. The summed E-state index contributed by atoms with van der Waals surface area (Å²) in [6.45, 7) is 3.68. The number of fused-ring (bicyclic) bond motifs is 6. The molecular formula is C44H34N12O4. The van der Waals surface area contributed by atoms with Crippen LogP contribution in [0.5, 0.6) is 11.8 Å². The highest BCUT2D eigenvalue weighted by Crippen LogP contribution is 2.41. The van der Waals surface area contributed by atoms with Crippen molar-refractivity contribution in [2.75, 3.05) is 0 Å². The number of carbonyl (C=O) groups excluding carboxylic acids is 2. The monoisotopic (exact) mass is 794 g/mol. The zero-order valence-electron chi connectivity index (χ0n) is 32.1. The maximum atomic E-state index is 12.6. The van der Waals surface area contributed by atoms with Crippen LogP contribution in [0.1, 0.15) is 45.7 Å². The molecular weight excluding hydrogens is 761 g/mol. The smallest absolute Gasteiger partial charge is 0.252 e. The van der Waals surface area contributed by atoms with Crippen LogP contribution in [0.3, 0.4) is 0 Å². The van der Waals surface area contributed by atoms with E-state index in [9.17, 15) is 19.8 Å². The molecule has 4 aromatic carbocycles. The molecule has 0 aliphatic carbocycles. The Kier molecular flexibility index (Phi) is 9.20. The molecule has 0 aliphatic rings. The van der Waals surface area contributed by atoms with Crippen LogP contribution in [0.15, 0.2) is 130 Å². The van der Waals surface area contributed by atoms with E-state index in [-0.39, 0.29) is 45.6 Å². The van der Waals surface area contributed by atoms with Gasteiger partial charge in [-0.1, -0.05) is 62.4 Å². The predicted molar refractivity (Wildman–Crippen MR) is 226 cm³/mol. The van der Waals surface area contributed by atoms with E-state index in [1.807, 2.05) is 74.5 Å². The van der Waals surface area contributed by atoms with Crippen molar-refractivity contribution in [3.63, 3.8) is 0 Å². The predicted octanol–water partition coefficient (Wildman–Crippen LogP) is 8.98. The van der Waals surface area contributed by atoms with Crippen LogP contribution in [0.4, 0.5) is 22.7 Å². The van der Waals surface area contributed by atoms with E-state index < -0.39 is 11.8 Å². The first-order chi connectivity index (χ1) is 29.2. The summed E-state index contributed by atoms with van der Waals surface area (Å²) in [5.41, 5.74) is 19.9. The van der Waals surface area contributed by atoms with Gasteiger partial charge in [-0.3, -0.25) is 18.4 Å². The minimum absolute atomic E-state index is 0.133. The summed E-state index contributed by atoms with van der Waals surface area (Å²) in [5, 5.41) is 49.2. The van der Waals surface area contributed by atoms with Crippen LogP contribution in [-0.4, -0.2) is 51.0 Å². The van der Waals surface area contributed by atoms with Crippen molar-refractivity contribution in [1.82, 2.24) is 29.0 Å². The number of primary amides is 2. The molecule has 0 saturated heterocycles. The van der Waals surface area contributed by atoms with Crippen LogP contribution in [0.2, 0.25) is 0 Å². The molecule has 0 atom stereocenters. The molecule has 2 amide bonds. The Hall–Kier alpha value is -8.40. The molecule has 9 rings (SSSR count). The number of nitrogens with two attached hydrogens (primary N) is 2. The molecule has 0 radical (unpaired) electrons. The fourth-order valence-corrected chi connectivity index (χ4v) is 7.47. The fourth-order valence-electron chi connectivity index (χ4n) is 7.47. The van der Waals surface area contributed by atoms with E-state index in [4.69, 9.17) is 11.5 Å². The molecule has 294 valence electrons. The molecule has 0 fully saturated rings. The summed E-state index contributed by atoms with van der Waals surface area (Å²) >= 11 is 0. The van der Waals surface area contributed by atoms with Crippen LogP contribution in [-0.2, 0) is 12.8 Å². The third-order valence-electron chi connectivity index (χ3n) is 10.3. The quantitative estimate of drug-likeness (QED) is 0.0972. The topological polar surface area (TPSA) is 236 Å². The van der Waals surface area contributed by atoms with Crippen molar-refractivity contribution < 1.29 is 19.8 Å². The zero-order chi connectivity index (χ0) is 41.7. The van der Waals surface area contributed by atoms with E-state index in [2.05, 4.69) is 40.6 Å². The number of carbonyl (C=O) groups is 2. The van der Waals surface area contributed by atoms with E-state index in [1.54, 1.807) is 48.5 Å². The minimum Gasteiger partial charge on any atom is -0.493 e. The number of hydrogen-bond donors (Lipinski definition) is 4. The lowest BCUT2D eigenvalue weighted by Crippen LogP contribution is -2.16. The number of rotatable bonds is 10. The Balaban J connectivity index is 0.944. The van der Waals surface area contributed by atoms with E-state index in [1.165, 1.54) is 8.80 Å². The van der Waals surface area contributed by atoms with Gasteiger partial charge in [0, 0.05) is 22.3 Å². The summed E-state index contributed by atoms with van der Waals surface area (Å²) in [6, 6.07) is 32.5. The molecule has 16 nitrogen and oxygen atoms in total. The summed E-state index contributed by atoms with van der Waals surface area (Å²) in [7, 11) is 0. The maximum absolute atomic E-state index is 12.6. The molecule has 9 aromatic rings. The minimum atomic E-state index is -0.677. The van der Waals surface area contributed by atoms with Crippen LogP contribution in [0.25, 0.3) is 55.9 Å².